The van der Waals surface area contributed by atoms with Gasteiger partial charge in [0.05, 0.1) is 5.52 Å². The van der Waals surface area contributed by atoms with Gasteiger partial charge in [0, 0.05) is 6.20 Å². The van der Waals surface area contributed by atoms with Crippen LogP contribution >= 0.6 is 0 Å². The molecule has 0 fully saturated rings. The van der Waals surface area contributed by atoms with Crippen LogP contribution in [0.3, 0.4) is 0 Å². The summed E-state index contributed by atoms with van der Waals surface area (Å²) in [6, 6.07) is 20.3. The van der Waals surface area contributed by atoms with Crippen molar-refractivity contribution in [2.75, 3.05) is 0 Å². The number of aromatic nitrogens is 1. The molecule has 2 aromatic carbocycles. The first-order valence-electron chi connectivity index (χ1n) is 6.12. The standard InChI is InChI=1S/C16H15NO/c1-13(18-15-8-3-2-4-9-15)17-12-11-14-7-5-6-10-16(14)17/h2-13H,1H3/t13-/m0/s1. The Hall–Kier alpha value is -2.22. The molecule has 2 heteroatoms. The van der Waals surface area contributed by atoms with E-state index in [1.165, 1.54) is 10.9 Å². The number of fused-ring (bicyclic) bond motifs is 1. The number of benzene rings is 2. The van der Waals surface area contributed by atoms with Gasteiger partial charge < -0.3 is 9.30 Å². The predicted molar refractivity (Wildman–Crippen MR) is 73.7 cm³/mol. The van der Waals surface area contributed by atoms with Gasteiger partial charge in [-0.3, -0.25) is 0 Å². The highest BCUT2D eigenvalue weighted by molar-refractivity contribution is 5.80. The zero-order valence-electron chi connectivity index (χ0n) is 10.3. The molecule has 1 atom stereocenters. The minimum Gasteiger partial charge on any atom is -0.470 e. The highest BCUT2D eigenvalue weighted by Crippen LogP contribution is 2.22. The number of hydrogen-bond donors (Lipinski definition) is 0. The molecular weight excluding hydrogens is 222 g/mol. The maximum Gasteiger partial charge on any atom is 0.173 e. The quantitative estimate of drug-likeness (QED) is 0.664. The summed E-state index contributed by atoms with van der Waals surface area (Å²) in [5, 5.41) is 1.24. The minimum absolute atomic E-state index is 0.0210. The molecule has 2 nitrogen and oxygen atoms in total. The zero-order valence-corrected chi connectivity index (χ0v) is 10.3. The van der Waals surface area contributed by atoms with Crippen molar-refractivity contribution in [3.8, 4) is 5.75 Å². The topological polar surface area (TPSA) is 14.2 Å². The van der Waals surface area contributed by atoms with Crippen molar-refractivity contribution >= 4 is 10.9 Å². The van der Waals surface area contributed by atoms with Gasteiger partial charge in [0.1, 0.15) is 5.75 Å². The van der Waals surface area contributed by atoms with Crippen LogP contribution in [0.5, 0.6) is 5.75 Å². The minimum atomic E-state index is -0.0210. The number of hydrogen-bond acceptors (Lipinski definition) is 1. The molecule has 3 aromatic rings. The summed E-state index contributed by atoms with van der Waals surface area (Å²) >= 11 is 0. The molecule has 0 spiro atoms. The molecule has 1 heterocycles. The van der Waals surface area contributed by atoms with Crippen LogP contribution in [0.1, 0.15) is 13.2 Å². The first-order chi connectivity index (χ1) is 8.84. The molecule has 0 aliphatic heterocycles. The Labute approximate surface area is 106 Å². The third kappa shape index (κ3) is 1.97. The first kappa shape index (κ1) is 10.9. The van der Waals surface area contributed by atoms with Gasteiger partial charge in [-0.05, 0) is 36.6 Å². The SMILES string of the molecule is C[C@H](Oc1ccccc1)n1ccc2ccccc21. The van der Waals surface area contributed by atoms with E-state index in [1.807, 2.05) is 36.4 Å². The van der Waals surface area contributed by atoms with Crippen LogP contribution in [0.4, 0.5) is 0 Å². The van der Waals surface area contributed by atoms with E-state index in [-0.39, 0.29) is 6.23 Å². The fourth-order valence-corrected chi connectivity index (χ4v) is 2.17. The van der Waals surface area contributed by atoms with Gasteiger partial charge in [-0.25, -0.2) is 0 Å². The maximum atomic E-state index is 5.93. The Bertz CT molecular complexity index is 642. The Morgan fingerprint density at radius 2 is 1.61 bits per heavy atom. The fourth-order valence-electron chi connectivity index (χ4n) is 2.17. The second-order valence-corrected chi connectivity index (χ2v) is 4.31. The van der Waals surface area contributed by atoms with Crippen LogP contribution in [-0.4, -0.2) is 4.57 Å². The maximum absolute atomic E-state index is 5.93. The third-order valence-corrected chi connectivity index (χ3v) is 3.07. The van der Waals surface area contributed by atoms with Gasteiger partial charge in [-0.2, -0.15) is 0 Å². The van der Waals surface area contributed by atoms with Crippen LogP contribution in [0.25, 0.3) is 10.9 Å². The Kier molecular flexibility index (Phi) is 2.77. The van der Waals surface area contributed by atoms with Gasteiger partial charge in [0.15, 0.2) is 6.23 Å². The lowest BCUT2D eigenvalue weighted by atomic mass is 10.2. The molecule has 18 heavy (non-hydrogen) atoms. The van der Waals surface area contributed by atoms with E-state index in [2.05, 4.69) is 42.0 Å². The lowest BCUT2D eigenvalue weighted by molar-refractivity contribution is 0.157. The predicted octanol–water partition coefficient (Wildman–Crippen LogP) is 4.24. The molecule has 0 N–H and O–H groups in total. The zero-order chi connectivity index (χ0) is 12.4. The van der Waals surface area contributed by atoms with Crippen molar-refractivity contribution in [2.24, 2.45) is 0 Å². The third-order valence-electron chi connectivity index (χ3n) is 3.07. The van der Waals surface area contributed by atoms with Gasteiger partial charge >= 0.3 is 0 Å². The molecule has 0 bridgehead atoms. The van der Waals surface area contributed by atoms with Crippen molar-refractivity contribution < 1.29 is 4.74 Å². The number of ether oxygens (including phenoxy) is 1. The van der Waals surface area contributed by atoms with E-state index >= 15 is 0 Å². The summed E-state index contributed by atoms with van der Waals surface area (Å²) < 4.78 is 8.07. The number of para-hydroxylation sites is 2. The van der Waals surface area contributed by atoms with E-state index < -0.39 is 0 Å². The van der Waals surface area contributed by atoms with Gasteiger partial charge in [-0.1, -0.05) is 36.4 Å². The van der Waals surface area contributed by atoms with E-state index in [0.29, 0.717) is 0 Å². The summed E-state index contributed by atoms with van der Waals surface area (Å²) in [6.07, 6.45) is 2.05. The summed E-state index contributed by atoms with van der Waals surface area (Å²) in [6.45, 7) is 2.06. The Balaban J connectivity index is 1.90. The van der Waals surface area contributed by atoms with Gasteiger partial charge in [-0.15, -0.1) is 0 Å². The molecule has 0 radical (unpaired) electrons. The van der Waals surface area contributed by atoms with Crippen molar-refractivity contribution in [2.45, 2.75) is 13.2 Å². The van der Waals surface area contributed by atoms with Crippen LogP contribution in [-0.2, 0) is 0 Å². The highest BCUT2D eigenvalue weighted by Gasteiger charge is 2.08. The molecule has 1 aromatic heterocycles. The second kappa shape index (κ2) is 4.57. The van der Waals surface area contributed by atoms with Gasteiger partial charge in [0.25, 0.3) is 0 Å². The number of nitrogens with zero attached hydrogens (tertiary/aromatic N) is 1. The van der Waals surface area contributed by atoms with Crippen LogP contribution in [0.2, 0.25) is 0 Å². The van der Waals surface area contributed by atoms with E-state index in [0.717, 1.165) is 5.75 Å². The summed E-state index contributed by atoms with van der Waals surface area (Å²) in [5.41, 5.74) is 1.20. The molecule has 0 aliphatic rings. The van der Waals surface area contributed by atoms with E-state index in [4.69, 9.17) is 4.74 Å². The molecule has 0 aliphatic carbocycles. The lowest BCUT2D eigenvalue weighted by Gasteiger charge is -2.17. The van der Waals surface area contributed by atoms with Crippen LogP contribution in [0, 0.1) is 0 Å². The highest BCUT2D eigenvalue weighted by atomic mass is 16.5. The summed E-state index contributed by atoms with van der Waals surface area (Å²) in [7, 11) is 0. The largest absolute Gasteiger partial charge is 0.470 e. The Morgan fingerprint density at radius 3 is 2.44 bits per heavy atom. The average Bonchev–Trinajstić information content (AvgIpc) is 2.84. The van der Waals surface area contributed by atoms with Crippen LogP contribution in [0.15, 0.2) is 66.9 Å². The molecule has 0 saturated carbocycles. The molecule has 3 rings (SSSR count). The van der Waals surface area contributed by atoms with Crippen LogP contribution < -0.4 is 4.74 Å². The van der Waals surface area contributed by atoms with E-state index in [1.54, 1.807) is 0 Å². The van der Waals surface area contributed by atoms with Crippen molar-refractivity contribution in [3.63, 3.8) is 0 Å². The smallest absolute Gasteiger partial charge is 0.173 e. The molecule has 0 unspecified atom stereocenters. The summed E-state index contributed by atoms with van der Waals surface area (Å²) in [5.74, 6) is 0.891. The fraction of sp³-hybridized carbons (Fsp3) is 0.125. The number of rotatable bonds is 3. The van der Waals surface area contributed by atoms with E-state index in [9.17, 15) is 0 Å². The summed E-state index contributed by atoms with van der Waals surface area (Å²) in [4.78, 5) is 0. The van der Waals surface area contributed by atoms with Crippen molar-refractivity contribution in [1.29, 1.82) is 0 Å². The normalized spacial score (nSPS) is 12.5. The monoisotopic (exact) mass is 237 g/mol. The molecule has 0 amide bonds. The molecule has 90 valence electrons. The van der Waals surface area contributed by atoms with Crippen molar-refractivity contribution in [3.05, 3.63) is 66.9 Å². The van der Waals surface area contributed by atoms with Crippen molar-refractivity contribution in [1.82, 2.24) is 4.57 Å². The second-order valence-electron chi connectivity index (χ2n) is 4.31. The average molecular weight is 237 g/mol. The lowest BCUT2D eigenvalue weighted by Crippen LogP contribution is -2.10. The Morgan fingerprint density at radius 1 is 0.889 bits per heavy atom. The first-order valence-corrected chi connectivity index (χ1v) is 6.12. The molecule has 0 saturated heterocycles. The van der Waals surface area contributed by atoms with Gasteiger partial charge in [0.2, 0.25) is 0 Å². The molecular formula is C16H15NO.